The first kappa shape index (κ1) is 46.2. The average molecular weight is 834 g/mol. The highest BCUT2D eigenvalue weighted by molar-refractivity contribution is 6.03. The van der Waals surface area contributed by atoms with Gasteiger partial charge in [0.2, 0.25) is 5.70 Å². The van der Waals surface area contributed by atoms with Gasteiger partial charge >= 0.3 is 0 Å². The van der Waals surface area contributed by atoms with Gasteiger partial charge in [0.1, 0.15) is 30.4 Å². The highest BCUT2D eigenvalue weighted by Gasteiger charge is 2.49. The van der Waals surface area contributed by atoms with Crippen molar-refractivity contribution in [2.75, 3.05) is 39.9 Å². The van der Waals surface area contributed by atoms with Crippen LogP contribution in [0.2, 0.25) is 0 Å². The second-order valence-corrected chi connectivity index (χ2v) is 18.8. The van der Waals surface area contributed by atoms with Crippen LogP contribution >= 0.6 is 0 Å². The standard InChI is InChI=1S/C48H76N6O6/c1-30(25-53-48(50)51-3)11-14-33-15-17-37(49)22-35(33)7-4-5-10-46-36(28-55)23-38(60-46)18-12-32-13-20-44(57)47(21-32)59-29-45(58)43-24-40-41(27-52-26-31(2)56)39-9-6-8-34(39)16-19-42(40)54-43/h13,20-21,23-24,30-31,33-35,37,39,41,45-46,52,55-56,58,60H,4-12,14-19,22,25-29,49H2,1-3H3,(H3-,50,51,53,57)/p+1/t30-,31+,33+,34-,35-,37+,39+,41+,45+,46?/m1/s1. The largest absolute Gasteiger partial charge is 0.504 e. The second kappa shape index (κ2) is 22.7. The third-order valence-corrected chi connectivity index (χ3v) is 14.2. The molecule has 60 heavy (non-hydrogen) atoms. The number of benzene rings is 1. The van der Waals surface area contributed by atoms with E-state index in [-0.39, 0.29) is 25.1 Å². The first-order valence-electron chi connectivity index (χ1n) is 23.3. The topological polar surface area (TPSA) is 204 Å². The number of aliphatic imine (C=N–C) groups is 2. The molecule has 0 aromatic heterocycles. The molecule has 6 rings (SSSR count). The Bertz CT molecular complexity index is 1630. The average Bonchev–Trinajstić information content (AvgIpc) is 3.98. The van der Waals surface area contributed by atoms with Crippen LogP contribution in [0.25, 0.3) is 0 Å². The minimum atomic E-state index is -0.928. The molecule has 0 radical (unpaired) electrons. The lowest BCUT2D eigenvalue weighted by atomic mass is 9.72. The van der Waals surface area contributed by atoms with E-state index < -0.39 is 12.2 Å². The van der Waals surface area contributed by atoms with E-state index >= 15 is 0 Å². The molecule has 2 heterocycles. The van der Waals surface area contributed by atoms with Crippen molar-refractivity contribution in [2.24, 2.45) is 57.0 Å². The van der Waals surface area contributed by atoms with E-state index in [1.165, 1.54) is 50.9 Å². The third kappa shape index (κ3) is 12.9. The molecule has 10 atom stereocenters. The fourth-order valence-corrected chi connectivity index (χ4v) is 10.7. The lowest BCUT2D eigenvalue weighted by Gasteiger charge is -2.35. The van der Waals surface area contributed by atoms with Gasteiger partial charge in [-0.1, -0.05) is 38.7 Å². The number of rotatable bonds is 22. The van der Waals surface area contributed by atoms with Crippen LogP contribution in [-0.2, 0) is 6.42 Å². The van der Waals surface area contributed by atoms with Gasteiger partial charge in [0.15, 0.2) is 23.6 Å². The highest BCUT2D eigenvalue weighted by atomic mass is 16.5. The number of aromatic hydroxyl groups is 1. The second-order valence-electron chi connectivity index (χ2n) is 18.8. The summed E-state index contributed by atoms with van der Waals surface area (Å²) in [6.07, 6.45) is 21.3. The summed E-state index contributed by atoms with van der Waals surface area (Å²) in [6, 6.07) is 5.71. The predicted molar refractivity (Wildman–Crippen MR) is 240 cm³/mol. The molecule has 11 N–H and O–H groups in total. The SMILES string of the molecule is CN=C(N)NC[C@H](C)CC[C@H]1CC[C@H](N)C[C@H]1CCCCC1[OH+][C-](CCc2ccc(O)c(OC[C@H](O)C3=C[C+]4C(=N3)CC[C@H]3CCC[C@@H]3[C@@H]4CNC[C@H](C)O)c2)C=C1CO. The molecule has 1 unspecified atom stereocenters. The smallest absolute Gasteiger partial charge is 0.208 e. The molecule has 0 amide bonds. The molecular weight excluding hydrogens is 757 g/mol. The van der Waals surface area contributed by atoms with E-state index in [4.69, 9.17) is 25.9 Å². The zero-order valence-electron chi connectivity index (χ0n) is 36.7. The summed E-state index contributed by atoms with van der Waals surface area (Å²) >= 11 is 0. The van der Waals surface area contributed by atoms with Crippen molar-refractivity contribution < 1.29 is 29.9 Å². The number of ether oxygens (including phenoxy) is 2. The number of nitrogens with two attached hydrogens (primary N) is 2. The number of allylic oxidation sites excluding steroid dienone is 1. The van der Waals surface area contributed by atoms with Crippen LogP contribution < -0.4 is 26.8 Å². The number of hydrogen-bond acceptors (Lipinski definition) is 9. The number of aryl methyl sites for hydroxylation is 1. The fourth-order valence-electron chi connectivity index (χ4n) is 10.7. The number of unbranched alkanes of at least 4 members (excludes halogenated alkanes) is 1. The van der Waals surface area contributed by atoms with Crippen molar-refractivity contribution in [3.05, 3.63) is 59.2 Å². The van der Waals surface area contributed by atoms with Gasteiger partial charge in [0.25, 0.3) is 0 Å². The summed E-state index contributed by atoms with van der Waals surface area (Å²) in [5.41, 5.74) is 16.0. The highest BCUT2D eigenvalue weighted by Crippen LogP contribution is 2.48. The van der Waals surface area contributed by atoms with Crippen LogP contribution in [0.5, 0.6) is 11.5 Å². The Labute approximate surface area is 359 Å². The first-order chi connectivity index (χ1) is 29.0. The Morgan fingerprint density at radius 2 is 1.92 bits per heavy atom. The van der Waals surface area contributed by atoms with Crippen molar-refractivity contribution in [3.8, 4) is 11.5 Å². The van der Waals surface area contributed by atoms with Gasteiger partial charge in [0, 0.05) is 52.2 Å². The van der Waals surface area contributed by atoms with Crippen LogP contribution in [0.4, 0.5) is 0 Å². The Kier molecular flexibility index (Phi) is 17.5. The van der Waals surface area contributed by atoms with Gasteiger partial charge in [-0.15, -0.1) is 16.6 Å². The molecule has 12 heteroatoms. The number of nitrogens with zero attached hydrogens (tertiary/aromatic N) is 2. The van der Waals surface area contributed by atoms with E-state index in [2.05, 4.69) is 34.7 Å². The number of nitrogens with one attached hydrogen (secondary N) is 2. The van der Waals surface area contributed by atoms with Crippen molar-refractivity contribution >= 4 is 11.7 Å². The van der Waals surface area contributed by atoms with E-state index in [9.17, 15) is 20.4 Å². The summed E-state index contributed by atoms with van der Waals surface area (Å²) in [4.78, 5) is 8.93. The van der Waals surface area contributed by atoms with E-state index in [0.717, 1.165) is 93.3 Å². The third-order valence-electron chi connectivity index (χ3n) is 14.2. The Hall–Kier alpha value is -3.26. The number of phenols is 1. The van der Waals surface area contributed by atoms with Gasteiger partial charge in [-0.2, -0.15) is 0 Å². The lowest BCUT2D eigenvalue weighted by Crippen LogP contribution is -2.36. The predicted octanol–water partition coefficient (Wildman–Crippen LogP) is 5.39. The summed E-state index contributed by atoms with van der Waals surface area (Å²) in [6.45, 7) is 6.29. The number of guanidine groups is 1. The van der Waals surface area contributed by atoms with Gasteiger partial charge in [-0.3, -0.25) is 4.99 Å². The summed E-state index contributed by atoms with van der Waals surface area (Å²) in [5.74, 6) is 5.64. The van der Waals surface area contributed by atoms with Crippen LogP contribution in [0.3, 0.4) is 0 Å². The molecule has 1 aromatic rings. The first-order valence-corrected chi connectivity index (χ1v) is 23.3. The molecular formula is C48H77N6O6+. The van der Waals surface area contributed by atoms with Crippen LogP contribution in [0.15, 0.2) is 51.6 Å². The molecule has 334 valence electrons. The number of aliphatic hydroxyl groups is 5. The van der Waals surface area contributed by atoms with Crippen molar-refractivity contribution in [1.82, 2.24) is 10.6 Å². The number of aliphatic hydroxyl groups excluding tert-OH is 3. The normalized spacial score (nSPS) is 28.4. The minimum absolute atomic E-state index is 0.0163. The molecule has 0 spiro atoms. The summed E-state index contributed by atoms with van der Waals surface area (Å²) < 4.78 is 11.1. The van der Waals surface area contributed by atoms with Crippen molar-refractivity contribution in [3.63, 3.8) is 0 Å². The molecule has 1 aromatic carbocycles. The number of phenolic OH excluding ortho intramolecular Hbond substituents is 1. The van der Waals surface area contributed by atoms with Gasteiger partial charge in [-0.25, -0.2) is 0 Å². The number of fused-ring (bicyclic) bond motifs is 2. The maximum atomic E-state index is 11.3. The van der Waals surface area contributed by atoms with Crippen LogP contribution in [-0.4, -0.2) is 101 Å². The molecule has 5 aliphatic rings. The number of hydrogen-bond donors (Lipinski definition) is 8. The van der Waals surface area contributed by atoms with Crippen LogP contribution in [0, 0.1) is 47.5 Å². The molecule has 0 saturated heterocycles. The Morgan fingerprint density at radius 3 is 2.72 bits per heavy atom. The summed E-state index contributed by atoms with van der Waals surface area (Å²) in [5, 5.41) is 48.7. The molecule has 12 nitrogen and oxygen atoms in total. The Morgan fingerprint density at radius 1 is 1.08 bits per heavy atom. The molecule has 3 aliphatic carbocycles. The lowest BCUT2D eigenvalue weighted by molar-refractivity contribution is -0.0554. The van der Waals surface area contributed by atoms with Gasteiger partial charge in [-0.05, 0) is 118 Å². The van der Waals surface area contributed by atoms with Crippen molar-refractivity contribution in [2.45, 2.75) is 141 Å². The van der Waals surface area contributed by atoms with E-state index in [1.54, 1.807) is 20.0 Å². The fraction of sp³-hybridized carbons (Fsp3) is 0.708. The zero-order valence-corrected chi connectivity index (χ0v) is 36.7. The quantitative estimate of drug-likeness (QED) is 0.0248. The molecule has 0 bridgehead atoms. The maximum Gasteiger partial charge on any atom is 0.208 e. The van der Waals surface area contributed by atoms with E-state index in [0.29, 0.717) is 66.0 Å². The van der Waals surface area contributed by atoms with Crippen LogP contribution in [0.1, 0.15) is 116 Å². The van der Waals surface area contributed by atoms with E-state index in [1.807, 2.05) is 12.1 Å². The molecule has 3 fully saturated rings. The minimum Gasteiger partial charge on any atom is -0.504 e. The Balaban J connectivity index is 0.941. The summed E-state index contributed by atoms with van der Waals surface area (Å²) in [7, 11) is 1.71. The van der Waals surface area contributed by atoms with Crippen molar-refractivity contribution in [1.29, 1.82) is 0 Å². The zero-order chi connectivity index (χ0) is 42.6. The van der Waals surface area contributed by atoms with Gasteiger partial charge in [0.05, 0.1) is 18.1 Å². The maximum absolute atomic E-state index is 11.3. The monoisotopic (exact) mass is 834 g/mol. The van der Waals surface area contributed by atoms with Gasteiger partial charge < -0.3 is 52.0 Å². The molecule has 2 aliphatic heterocycles. The molecule has 3 saturated carbocycles.